The summed E-state index contributed by atoms with van der Waals surface area (Å²) in [6.07, 6.45) is 51.1. The van der Waals surface area contributed by atoms with Gasteiger partial charge in [-0.15, -0.1) is 0 Å². The number of phosphoric acid groups is 2. The minimum atomic E-state index is -4.96. The molecule has 5 atom stereocenters. The number of aliphatic hydroxyl groups excluding tert-OH is 1. The molecule has 530 valence electrons. The highest BCUT2D eigenvalue weighted by Crippen LogP contribution is 2.45. The first-order valence-electron chi connectivity index (χ1n) is 36.3. The Morgan fingerprint density at radius 3 is 0.911 bits per heavy atom. The van der Waals surface area contributed by atoms with Crippen molar-refractivity contribution in [3.05, 3.63) is 24.3 Å². The molecule has 0 spiro atoms. The van der Waals surface area contributed by atoms with Crippen LogP contribution < -0.4 is 0 Å². The fourth-order valence-corrected chi connectivity index (χ4v) is 11.8. The molecule has 0 aliphatic carbocycles. The molecule has 0 aromatic rings. The van der Waals surface area contributed by atoms with Crippen LogP contribution in [0.2, 0.25) is 0 Å². The first-order valence-corrected chi connectivity index (χ1v) is 39.3. The van der Waals surface area contributed by atoms with Crippen LogP contribution in [0.5, 0.6) is 0 Å². The molecule has 0 bridgehead atoms. The number of carbonyl (C=O) groups is 4. The van der Waals surface area contributed by atoms with Crippen LogP contribution in [0, 0.1) is 11.8 Å². The van der Waals surface area contributed by atoms with Crippen molar-refractivity contribution >= 4 is 39.5 Å². The SMILES string of the molecule is CCCCCC/C=C\C=C/CCCCCCCC(=O)OC[C@H](COP(=O)(O)OC[C@@H](O)COP(=O)(O)OC[C@@H](COC(=O)CCCCCCCCC(C)C)OC(=O)CCCCCCCCCC(C)C)OC(=O)CCCCCCCCCCCCCCCCCC. The minimum absolute atomic E-state index is 0.100. The second kappa shape index (κ2) is 62.6. The number of aliphatic hydroxyl groups is 1. The predicted octanol–water partition coefficient (Wildman–Crippen LogP) is 19.9. The summed E-state index contributed by atoms with van der Waals surface area (Å²) in [5.41, 5.74) is 0. The van der Waals surface area contributed by atoms with Crippen LogP contribution in [-0.4, -0.2) is 96.7 Å². The molecule has 0 saturated heterocycles. The van der Waals surface area contributed by atoms with Gasteiger partial charge in [-0.1, -0.05) is 284 Å². The largest absolute Gasteiger partial charge is 0.472 e. The Kier molecular flexibility index (Phi) is 60.9. The lowest BCUT2D eigenvalue weighted by molar-refractivity contribution is -0.161. The van der Waals surface area contributed by atoms with Crippen LogP contribution in [0.15, 0.2) is 24.3 Å². The molecule has 0 rings (SSSR count). The van der Waals surface area contributed by atoms with Crippen LogP contribution in [-0.2, 0) is 65.4 Å². The van der Waals surface area contributed by atoms with E-state index in [1.54, 1.807) is 0 Å². The van der Waals surface area contributed by atoms with E-state index in [1.165, 1.54) is 128 Å². The molecule has 0 heterocycles. The molecule has 0 saturated carbocycles. The molecule has 0 aromatic heterocycles. The van der Waals surface area contributed by atoms with Crippen molar-refractivity contribution in [3.63, 3.8) is 0 Å². The lowest BCUT2D eigenvalue weighted by atomic mass is 10.0. The van der Waals surface area contributed by atoms with Gasteiger partial charge in [-0.2, -0.15) is 0 Å². The van der Waals surface area contributed by atoms with E-state index in [9.17, 15) is 43.2 Å². The molecule has 0 aliphatic rings. The van der Waals surface area contributed by atoms with Gasteiger partial charge in [-0.05, 0) is 63.2 Å². The lowest BCUT2D eigenvalue weighted by Gasteiger charge is -2.21. The third-order valence-corrected chi connectivity index (χ3v) is 17.7. The molecule has 17 nitrogen and oxygen atoms in total. The minimum Gasteiger partial charge on any atom is -0.462 e. The van der Waals surface area contributed by atoms with E-state index in [0.29, 0.717) is 37.5 Å². The van der Waals surface area contributed by atoms with Gasteiger partial charge in [0.1, 0.15) is 19.3 Å². The van der Waals surface area contributed by atoms with Gasteiger partial charge in [0.05, 0.1) is 26.4 Å². The molecular formula is C71H134O17P2. The summed E-state index contributed by atoms with van der Waals surface area (Å²) in [5.74, 6) is -0.786. The monoisotopic (exact) mass is 1320 g/mol. The van der Waals surface area contributed by atoms with Gasteiger partial charge < -0.3 is 33.8 Å². The van der Waals surface area contributed by atoms with Crippen molar-refractivity contribution in [2.45, 2.75) is 355 Å². The lowest BCUT2D eigenvalue weighted by Crippen LogP contribution is -2.30. The highest BCUT2D eigenvalue weighted by Gasteiger charge is 2.30. The topological polar surface area (TPSA) is 237 Å². The van der Waals surface area contributed by atoms with E-state index in [-0.39, 0.29) is 25.7 Å². The summed E-state index contributed by atoms with van der Waals surface area (Å²) >= 11 is 0. The van der Waals surface area contributed by atoms with E-state index in [4.69, 9.17) is 37.0 Å². The number of hydrogen-bond acceptors (Lipinski definition) is 15. The van der Waals surface area contributed by atoms with Crippen LogP contribution in [0.3, 0.4) is 0 Å². The van der Waals surface area contributed by atoms with Crippen LogP contribution in [0.4, 0.5) is 0 Å². The average Bonchev–Trinajstić information content (AvgIpc) is 3.18. The zero-order valence-electron chi connectivity index (χ0n) is 57.9. The average molecular weight is 1320 g/mol. The number of carbonyl (C=O) groups excluding carboxylic acids is 4. The molecule has 2 unspecified atom stereocenters. The van der Waals surface area contributed by atoms with Gasteiger partial charge in [0.25, 0.3) is 0 Å². The molecule has 19 heteroatoms. The van der Waals surface area contributed by atoms with Crippen LogP contribution >= 0.6 is 15.6 Å². The van der Waals surface area contributed by atoms with E-state index in [1.807, 2.05) is 0 Å². The van der Waals surface area contributed by atoms with Crippen LogP contribution in [0.1, 0.15) is 337 Å². The third kappa shape index (κ3) is 64.3. The predicted molar refractivity (Wildman–Crippen MR) is 363 cm³/mol. The van der Waals surface area contributed by atoms with Crippen molar-refractivity contribution < 1.29 is 80.2 Å². The second-order valence-electron chi connectivity index (χ2n) is 25.9. The van der Waals surface area contributed by atoms with Crippen LogP contribution in [0.25, 0.3) is 0 Å². The fourth-order valence-electron chi connectivity index (χ4n) is 10.2. The zero-order valence-corrected chi connectivity index (χ0v) is 59.7. The summed E-state index contributed by atoms with van der Waals surface area (Å²) < 4.78 is 68.2. The number of esters is 4. The van der Waals surface area contributed by atoms with Gasteiger partial charge >= 0.3 is 39.5 Å². The first-order chi connectivity index (χ1) is 43.4. The zero-order chi connectivity index (χ0) is 66.5. The maximum absolute atomic E-state index is 13.0. The highest BCUT2D eigenvalue weighted by molar-refractivity contribution is 7.47. The Labute approximate surface area is 548 Å². The Morgan fingerprint density at radius 1 is 0.344 bits per heavy atom. The summed E-state index contributed by atoms with van der Waals surface area (Å²) in [5, 5.41) is 10.6. The summed E-state index contributed by atoms with van der Waals surface area (Å²) in [4.78, 5) is 72.5. The number of rotatable bonds is 68. The highest BCUT2D eigenvalue weighted by atomic mass is 31.2. The second-order valence-corrected chi connectivity index (χ2v) is 28.8. The molecule has 3 N–H and O–H groups in total. The molecule has 0 amide bonds. The number of phosphoric ester groups is 2. The standard InChI is InChI=1S/C71H134O17P2/c1-7-9-11-13-15-17-19-21-23-25-27-29-31-35-43-49-55-70(75)87-66(59-81-68(73)53-47-41-34-30-28-26-24-22-20-18-16-14-12-10-8-2)61-85-89(77,78)83-57-65(72)58-84-90(79,80)86-62-67(60-82-69(74)54-48-42-38-37-40-46-52-64(5)6)88-71(76)56-50-44-36-32-33-39-45-51-63(3)4/h18,20,22,24,63-67,72H,7-17,19,21,23,25-62H2,1-6H3,(H,77,78)(H,79,80)/b20-18-,24-22-/t65-,66-,67-/m1/s1. The van der Waals surface area contributed by atoms with E-state index < -0.39 is 97.5 Å². The smallest absolute Gasteiger partial charge is 0.462 e. The number of unbranched alkanes of at least 4 members (excludes halogenated alkanes) is 35. The van der Waals surface area contributed by atoms with E-state index in [0.717, 1.165) is 116 Å². The summed E-state index contributed by atoms with van der Waals surface area (Å²) in [7, 11) is -9.91. The maximum Gasteiger partial charge on any atom is 0.472 e. The number of allylic oxidation sites excluding steroid dienone is 4. The molecular weight excluding hydrogens is 1190 g/mol. The van der Waals surface area contributed by atoms with Gasteiger partial charge in [0.2, 0.25) is 0 Å². The Bertz CT molecular complexity index is 1850. The van der Waals surface area contributed by atoms with Crippen molar-refractivity contribution in [2.24, 2.45) is 11.8 Å². The molecule has 0 radical (unpaired) electrons. The van der Waals surface area contributed by atoms with Crippen molar-refractivity contribution in [2.75, 3.05) is 39.6 Å². The molecule has 0 fully saturated rings. The summed E-state index contributed by atoms with van der Waals surface area (Å²) in [6.45, 7) is 9.34. The molecule has 0 aromatic carbocycles. The van der Waals surface area contributed by atoms with Crippen molar-refractivity contribution in [1.82, 2.24) is 0 Å². The van der Waals surface area contributed by atoms with Gasteiger partial charge in [-0.25, -0.2) is 9.13 Å². The quantitative estimate of drug-likeness (QED) is 0.0169. The van der Waals surface area contributed by atoms with Gasteiger partial charge in [0, 0.05) is 25.7 Å². The summed E-state index contributed by atoms with van der Waals surface area (Å²) in [6, 6.07) is 0. The Balaban J connectivity index is 5.27. The van der Waals surface area contributed by atoms with Gasteiger partial charge in [-0.3, -0.25) is 37.3 Å². The Hall–Kier alpha value is -2.46. The number of hydrogen-bond donors (Lipinski definition) is 3. The number of ether oxygens (including phenoxy) is 4. The maximum atomic E-state index is 13.0. The van der Waals surface area contributed by atoms with Gasteiger partial charge in [0.15, 0.2) is 12.2 Å². The van der Waals surface area contributed by atoms with E-state index in [2.05, 4.69) is 65.8 Å². The van der Waals surface area contributed by atoms with Crippen molar-refractivity contribution in [1.29, 1.82) is 0 Å². The molecule has 90 heavy (non-hydrogen) atoms. The third-order valence-electron chi connectivity index (χ3n) is 15.8. The molecule has 0 aliphatic heterocycles. The fraction of sp³-hybridized carbons (Fsp3) is 0.887. The Morgan fingerprint density at radius 2 is 0.600 bits per heavy atom. The normalized spacial score (nSPS) is 14.3. The first kappa shape index (κ1) is 87.5. The van der Waals surface area contributed by atoms with Crippen molar-refractivity contribution in [3.8, 4) is 0 Å². The van der Waals surface area contributed by atoms with E-state index >= 15 is 0 Å².